The normalized spacial score (nSPS) is 22.7. The van der Waals surface area contributed by atoms with Crippen LogP contribution in [-0.4, -0.2) is 101 Å². The second-order valence-corrected chi connectivity index (χ2v) is 14.6. The molecule has 2 saturated heterocycles. The van der Waals surface area contributed by atoms with Gasteiger partial charge in [0.2, 0.25) is 15.8 Å². The average molecular weight is 652 g/mol. The number of benzene rings is 2. The molecule has 246 valence electrons. The molecule has 0 radical (unpaired) electrons. The number of hydrogen-bond acceptors (Lipinski definition) is 10. The van der Waals surface area contributed by atoms with E-state index in [4.69, 9.17) is 15.5 Å². The molecule has 5 N–H and O–H groups in total. The molecule has 4 aliphatic rings. The Morgan fingerprint density at radius 1 is 1.09 bits per heavy atom. The van der Waals surface area contributed by atoms with Crippen LogP contribution in [0.25, 0.3) is 0 Å². The minimum absolute atomic E-state index is 0.333. The number of fused-ring (bicyclic) bond motifs is 2. The number of aromatic nitrogens is 1. The van der Waals surface area contributed by atoms with E-state index in [1.807, 2.05) is 24.3 Å². The number of sulfonamides is 1. The molecular weight excluding hydrogens is 609 g/mol. The summed E-state index contributed by atoms with van der Waals surface area (Å²) < 4.78 is 48.5. The Morgan fingerprint density at radius 3 is 2.57 bits per heavy atom. The second-order valence-electron chi connectivity index (χ2n) is 12.7. The summed E-state index contributed by atoms with van der Waals surface area (Å²) in [5.74, 6) is -0.594. The van der Waals surface area contributed by atoms with Gasteiger partial charge >= 0.3 is 0 Å². The molecule has 0 bridgehead atoms. The molecule has 14 heteroatoms. The first kappa shape index (κ1) is 30.8. The summed E-state index contributed by atoms with van der Waals surface area (Å²) in [7, 11) is 0.218. The lowest BCUT2D eigenvalue weighted by Crippen LogP contribution is -2.52. The van der Waals surface area contributed by atoms with E-state index < -0.39 is 21.6 Å². The zero-order valence-corrected chi connectivity index (χ0v) is 27.3. The smallest absolute Gasteiger partial charge is 0.232 e. The predicted octanol–water partition coefficient (Wildman–Crippen LogP) is 2.75. The number of aromatic amines is 1. The molecule has 0 spiro atoms. The maximum atomic E-state index is 16.0. The number of piperazine rings is 1. The standard InChI is InChI=1S/C32H42FN9O3S/c1-39-15-17-40(18-16-39)22-9-12-41(13-10-22)27-20-28(45-2)24(19-25(27)33)32(34)37-30-23(7-11-35-30)31(38-32)36-26-6-4-5-21-8-14-42(29(21)26)46(3,43)44/h4-7,11,19-20,22,35,37H,8-10,12-18,34H2,1-3H3,(H,36,38). The van der Waals surface area contributed by atoms with Crippen molar-refractivity contribution in [1.29, 1.82) is 0 Å². The first-order valence-electron chi connectivity index (χ1n) is 15.8. The Labute approximate surface area is 269 Å². The van der Waals surface area contributed by atoms with Crippen molar-refractivity contribution in [2.24, 2.45) is 10.7 Å². The summed E-state index contributed by atoms with van der Waals surface area (Å²) in [5, 5.41) is 6.59. The van der Waals surface area contributed by atoms with Crippen LogP contribution < -0.4 is 30.3 Å². The van der Waals surface area contributed by atoms with Gasteiger partial charge in [-0.25, -0.2) is 17.8 Å². The average Bonchev–Trinajstić information content (AvgIpc) is 3.70. The number of ether oxygens (including phenoxy) is 1. The fourth-order valence-electron chi connectivity index (χ4n) is 7.24. The fourth-order valence-corrected chi connectivity index (χ4v) is 8.21. The molecule has 5 heterocycles. The van der Waals surface area contributed by atoms with Crippen molar-refractivity contribution in [3.8, 4) is 5.75 Å². The van der Waals surface area contributed by atoms with Crippen molar-refractivity contribution in [3.05, 3.63) is 65.1 Å². The van der Waals surface area contributed by atoms with Crippen LogP contribution in [0.5, 0.6) is 5.75 Å². The van der Waals surface area contributed by atoms with Gasteiger partial charge in [-0.15, -0.1) is 0 Å². The third-order valence-corrected chi connectivity index (χ3v) is 10.9. The van der Waals surface area contributed by atoms with Crippen LogP contribution in [-0.2, 0) is 22.2 Å². The Balaban J connectivity index is 1.18. The zero-order valence-electron chi connectivity index (χ0n) is 26.5. The summed E-state index contributed by atoms with van der Waals surface area (Å²) in [6.45, 7) is 6.20. The Morgan fingerprint density at radius 2 is 1.85 bits per heavy atom. The number of amidine groups is 1. The maximum absolute atomic E-state index is 16.0. The number of nitrogens with one attached hydrogen (secondary N) is 3. The zero-order chi connectivity index (χ0) is 32.2. The van der Waals surface area contributed by atoms with Gasteiger partial charge in [-0.1, -0.05) is 12.1 Å². The summed E-state index contributed by atoms with van der Waals surface area (Å²) >= 11 is 0. The predicted molar refractivity (Wildman–Crippen MR) is 180 cm³/mol. The van der Waals surface area contributed by atoms with Gasteiger partial charge in [0.25, 0.3) is 0 Å². The number of para-hydroxylation sites is 1. The van der Waals surface area contributed by atoms with Gasteiger partial charge in [-0.2, -0.15) is 0 Å². The van der Waals surface area contributed by atoms with E-state index in [9.17, 15) is 8.42 Å². The summed E-state index contributed by atoms with van der Waals surface area (Å²) in [6, 6.07) is 11.1. The Bertz CT molecular complexity index is 1760. The van der Waals surface area contributed by atoms with Gasteiger partial charge in [0, 0.05) is 64.1 Å². The van der Waals surface area contributed by atoms with E-state index in [2.05, 4.69) is 37.4 Å². The number of piperidine rings is 1. The molecule has 12 nitrogen and oxygen atoms in total. The first-order valence-corrected chi connectivity index (χ1v) is 17.7. The topological polar surface area (TPSA) is 135 Å². The highest BCUT2D eigenvalue weighted by Gasteiger charge is 2.39. The Hall–Kier alpha value is -3.85. The van der Waals surface area contributed by atoms with Gasteiger partial charge in [0.05, 0.1) is 41.6 Å². The lowest BCUT2D eigenvalue weighted by atomic mass is 9.99. The maximum Gasteiger partial charge on any atom is 0.232 e. The van der Waals surface area contributed by atoms with Crippen molar-refractivity contribution in [2.45, 2.75) is 31.1 Å². The molecule has 3 aromatic rings. The highest BCUT2D eigenvalue weighted by molar-refractivity contribution is 7.92. The quantitative estimate of drug-likeness (QED) is 0.318. The number of rotatable bonds is 6. The molecule has 1 unspecified atom stereocenters. The first-order chi connectivity index (χ1) is 22.0. The number of halogens is 1. The van der Waals surface area contributed by atoms with Crippen molar-refractivity contribution in [2.75, 3.05) is 86.1 Å². The van der Waals surface area contributed by atoms with E-state index in [1.165, 1.54) is 16.6 Å². The molecule has 2 aromatic carbocycles. The highest BCUT2D eigenvalue weighted by atomic mass is 32.2. The highest BCUT2D eigenvalue weighted by Crippen LogP contribution is 2.41. The van der Waals surface area contributed by atoms with Crippen LogP contribution in [0, 0.1) is 5.82 Å². The summed E-state index contributed by atoms with van der Waals surface area (Å²) in [4.78, 5) is 15.1. The number of hydrogen-bond donors (Lipinski definition) is 4. The molecule has 1 atom stereocenters. The number of H-pyrrole nitrogens is 1. The lowest BCUT2D eigenvalue weighted by molar-refractivity contribution is 0.0981. The van der Waals surface area contributed by atoms with Crippen LogP contribution in [0.15, 0.2) is 47.6 Å². The Kier molecular flexibility index (Phi) is 7.86. The molecule has 0 saturated carbocycles. The molecular formula is C32H42FN9O3S. The van der Waals surface area contributed by atoms with Crippen molar-refractivity contribution in [1.82, 2.24) is 14.8 Å². The number of likely N-dealkylation sites (N-methyl/N-ethyl adjacent to an activating group) is 1. The monoisotopic (exact) mass is 651 g/mol. The summed E-state index contributed by atoms with van der Waals surface area (Å²) in [6.07, 6.45) is 5.52. The minimum atomic E-state index is -3.49. The minimum Gasteiger partial charge on any atom is -0.496 e. The molecule has 0 amide bonds. The molecule has 46 heavy (non-hydrogen) atoms. The second kappa shape index (κ2) is 11.7. The van der Waals surface area contributed by atoms with Crippen molar-refractivity contribution < 1.29 is 17.5 Å². The van der Waals surface area contributed by atoms with Gasteiger partial charge < -0.3 is 30.2 Å². The fraction of sp³-hybridized carbons (Fsp3) is 0.469. The summed E-state index contributed by atoms with van der Waals surface area (Å²) in [5.41, 5.74) is 10.6. The van der Waals surface area contributed by atoms with Crippen molar-refractivity contribution >= 4 is 38.7 Å². The number of methoxy groups -OCH3 is 1. The molecule has 1 aromatic heterocycles. The van der Waals surface area contributed by atoms with Crippen LogP contribution in [0.4, 0.5) is 27.3 Å². The third-order valence-electron chi connectivity index (χ3n) is 9.75. The van der Waals surface area contributed by atoms with Crippen LogP contribution in [0.3, 0.4) is 0 Å². The lowest BCUT2D eigenvalue weighted by Gasteiger charge is -2.42. The molecule has 2 fully saturated rings. The van der Waals surface area contributed by atoms with E-state index >= 15 is 4.39 Å². The van der Waals surface area contributed by atoms with Crippen LogP contribution in [0.2, 0.25) is 0 Å². The largest absolute Gasteiger partial charge is 0.496 e. The van der Waals surface area contributed by atoms with Gasteiger partial charge in [0.1, 0.15) is 23.2 Å². The van der Waals surface area contributed by atoms with Gasteiger partial charge in [0.15, 0.2) is 0 Å². The number of nitrogens with zero attached hydrogens (tertiary/aromatic N) is 5. The third kappa shape index (κ3) is 5.57. The van der Waals surface area contributed by atoms with Crippen LogP contribution >= 0.6 is 0 Å². The number of aliphatic imine (C=N–C) groups is 1. The molecule has 7 rings (SSSR count). The van der Waals surface area contributed by atoms with E-state index in [-0.39, 0.29) is 0 Å². The van der Waals surface area contributed by atoms with E-state index in [0.717, 1.165) is 57.7 Å². The van der Waals surface area contributed by atoms with Crippen LogP contribution in [0.1, 0.15) is 29.5 Å². The van der Waals surface area contributed by atoms with E-state index in [1.54, 1.807) is 19.4 Å². The molecule has 0 aliphatic carbocycles. The van der Waals surface area contributed by atoms with Gasteiger partial charge in [-0.05, 0) is 50.1 Å². The molecule has 4 aliphatic heterocycles. The number of anilines is 4. The number of nitrogens with two attached hydrogens (primary N) is 1. The van der Waals surface area contributed by atoms with Crippen molar-refractivity contribution in [3.63, 3.8) is 0 Å². The van der Waals surface area contributed by atoms with E-state index in [0.29, 0.717) is 64.6 Å². The van der Waals surface area contributed by atoms with Gasteiger partial charge in [-0.3, -0.25) is 14.9 Å². The SMILES string of the molecule is COc1cc(N2CCC(N3CCN(C)CC3)CC2)c(F)cc1C1(N)N=C(Nc2cccc3c2N(S(C)(=O)=O)CC3)c2cc[nH]c2N1.